The lowest BCUT2D eigenvalue weighted by atomic mass is 9.89. The van der Waals surface area contributed by atoms with Gasteiger partial charge in [-0.15, -0.1) is 0 Å². The molecule has 2 aliphatic heterocycles. The van der Waals surface area contributed by atoms with E-state index in [0.29, 0.717) is 5.92 Å². The Morgan fingerprint density at radius 1 is 1.00 bits per heavy atom. The third kappa shape index (κ3) is 5.24. The summed E-state index contributed by atoms with van der Waals surface area (Å²) in [6.07, 6.45) is 6.72. The van der Waals surface area contributed by atoms with Gasteiger partial charge < -0.3 is 15.1 Å². The molecule has 5 nitrogen and oxygen atoms in total. The molecular formula is C22H33N3O2. The van der Waals surface area contributed by atoms with Crippen molar-refractivity contribution in [2.24, 2.45) is 0 Å². The number of hydrogen-bond donors (Lipinski definition) is 1. The van der Waals surface area contributed by atoms with Crippen LogP contribution in [0, 0.1) is 0 Å². The topological polar surface area (TPSA) is 52.7 Å². The molecule has 1 atom stereocenters. The first kappa shape index (κ1) is 19.7. The molecule has 0 aromatic heterocycles. The summed E-state index contributed by atoms with van der Waals surface area (Å²) in [5.74, 6) is 0.456. The number of likely N-dealkylation sites (tertiary alicyclic amines) is 2. The normalized spacial score (nSPS) is 21.1. The second-order valence-electron chi connectivity index (χ2n) is 8.22. The molecule has 0 spiro atoms. The van der Waals surface area contributed by atoms with Gasteiger partial charge in [0, 0.05) is 43.7 Å². The number of carbonyl (C=O) groups excluding carboxylic acids is 2. The molecule has 2 saturated heterocycles. The summed E-state index contributed by atoms with van der Waals surface area (Å²) < 4.78 is 0. The van der Waals surface area contributed by atoms with E-state index < -0.39 is 0 Å². The van der Waals surface area contributed by atoms with Gasteiger partial charge in [0.25, 0.3) is 5.91 Å². The molecule has 148 valence electrons. The largest absolute Gasteiger partial charge is 0.339 e. The SMILES string of the molecule is CC(C)NC(=O)N1CCC[C@H](c2cccc(C(=O)N3CCCCCC3)c2)C1. The highest BCUT2D eigenvalue weighted by Gasteiger charge is 2.26. The van der Waals surface area contributed by atoms with Crippen LogP contribution in [-0.2, 0) is 0 Å². The standard InChI is InChI=1S/C22H33N3O2/c1-17(2)23-22(27)25-14-8-11-20(16-25)18-9-7-10-19(15-18)21(26)24-12-5-3-4-6-13-24/h7,9-10,15,17,20H,3-6,8,11-14,16H2,1-2H3,(H,23,27)/t20-/m0/s1. The van der Waals surface area contributed by atoms with Crippen LogP contribution < -0.4 is 5.32 Å². The van der Waals surface area contributed by atoms with Gasteiger partial charge in [0.2, 0.25) is 0 Å². The molecule has 3 amide bonds. The average molecular weight is 372 g/mol. The first-order valence-electron chi connectivity index (χ1n) is 10.5. The Morgan fingerprint density at radius 3 is 2.41 bits per heavy atom. The Hall–Kier alpha value is -2.04. The molecule has 2 fully saturated rings. The van der Waals surface area contributed by atoms with Crippen molar-refractivity contribution in [2.75, 3.05) is 26.2 Å². The van der Waals surface area contributed by atoms with Crippen LogP contribution in [0.3, 0.4) is 0 Å². The van der Waals surface area contributed by atoms with E-state index in [2.05, 4.69) is 17.4 Å². The number of nitrogens with one attached hydrogen (secondary N) is 1. The summed E-state index contributed by atoms with van der Waals surface area (Å²) in [4.78, 5) is 29.2. The van der Waals surface area contributed by atoms with Crippen molar-refractivity contribution >= 4 is 11.9 Å². The summed E-state index contributed by atoms with van der Waals surface area (Å²) in [5, 5.41) is 2.99. The van der Waals surface area contributed by atoms with E-state index in [-0.39, 0.29) is 18.0 Å². The first-order chi connectivity index (χ1) is 13.0. The number of urea groups is 1. The van der Waals surface area contributed by atoms with Crippen LogP contribution in [0.25, 0.3) is 0 Å². The smallest absolute Gasteiger partial charge is 0.317 e. The van der Waals surface area contributed by atoms with E-state index in [0.717, 1.165) is 57.4 Å². The Morgan fingerprint density at radius 2 is 1.70 bits per heavy atom. The second kappa shape index (κ2) is 9.25. The zero-order valence-electron chi connectivity index (χ0n) is 16.7. The number of carbonyl (C=O) groups is 2. The minimum absolute atomic E-state index is 0.0199. The minimum atomic E-state index is 0.0199. The number of amides is 3. The lowest BCUT2D eigenvalue weighted by Crippen LogP contribution is -2.47. The third-order valence-electron chi connectivity index (χ3n) is 5.62. The molecule has 2 heterocycles. The quantitative estimate of drug-likeness (QED) is 0.873. The van der Waals surface area contributed by atoms with Crippen LogP contribution in [0.4, 0.5) is 4.79 Å². The average Bonchev–Trinajstić information content (AvgIpc) is 2.96. The van der Waals surface area contributed by atoms with Gasteiger partial charge in [0.1, 0.15) is 0 Å². The lowest BCUT2D eigenvalue weighted by Gasteiger charge is -2.33. The molecule has 2 aliphatic rings. The fraction of sp³-hybridized carbons (Fsp3) is 0.636. The van der Waals surface area contributed by atoms with Gasteiger partial charge in [0.15, 0.2) is 0 Å². The molecule has 0 radical (unpaired) electrons. The summed E-state index contributed by atoms with van der Waals surface area (Å²) in [5.41, 5.74) is 1.97. The number of piperidine rings is 1. The van der Waals surface area contributed by atoms with Crippen molar-refractivity contribution in [3.8, 4) is 0 Å². The van der Waals surface area contributed by atoms with Crippen LogP contribution >= 0.6 is 0 Å². The van der Waals surface area contributed by atoms with Gasteiger partial charge in [-0.3, -0.25) is 4.79 Å². The van der Waals surface area contributed by atoms with E-state index in [4.69, 9.17) is 0 Å². The Bertz CT molecular complexity index is 651. The maximum Gasteiger partial charge on any atom is 0.317 e. The molecule has 0 unspecified atom stereocenters. The Labute approximate surface area is 163 Å². The molecule has 1 aromatic carbocycles. The van der Waals surface area contributed by atoms with Crippen molar-refractivity contribution in [2.45, 2.75) is 64.3 Å². The van der Waals surface area contributed by atoms with Crippen LogP contribution in [0.15, 0.2) is 24.3 Å². The lowest BCUT2D eigenvalue weighted by molar-refractivity contribution is 0.0761. The van der Waals surface area contributed by atoms with Crippen LogP contribution in [0.2, 0.25) is 0 Å². The highest BCUT2D eigenvalue weighted by atomic mass is 16.2. The van der Waals surface area contributed by atoms with Gasteiger partial charge in [-0.25, -0.2) is 4.79 Å². The van der Waals surface area contributed by atoms with Crippen molar-refractivity contribution < 1.29 is 9.59 Å². The molecular weight excluding hydrogens is 338 g/mol. The van der Waals surface area contributed by atoms with E-state index in [1.807, 2.05) is 35.8 Å². The van der Waals surface area contributed by atoms with E-state index >= 15 is 0 Å². The zero-order valence-corrected chi connectivity index (χ0v) is 16.7. The Kier molecular flexibility index (Phi) is 6.75. The fourth-order valence-electron chi connectivity index (χ4n) is 4.15. The number of rotatable bonds is 3. The van der Waals surface area contributed by atoms with Crippen LogP contribution in [0.1, 0.15) is 74.2 Å². The molecule has 0 aliphatic carbocycles. The molecule has 3 rings (SSSR count). The molecule has 5 heteroatoms. The number of benzene rings is 1. The van der Waals surface area contributed by atoms with Gasteiger partial charge in [0.05, 0.1) is 0 Å². The van der Waals surface area contributed by atoms with Crippen molar-refractivity contribution in [1.82, 2.24) is 15.1 Å². The molecule has 1 N–H and O–H groups in total. The van der Waals surface area contributed by atoms with E-state index in [9.17, 15) is 9.59 Å². The van der Waals surface area contributed by atoms with Gasteiger partial charge in [-0.05, 0) is 57.2 Å². The molecule has 27 heavy (non-hydrogen) atoms. The number of nitrogens with zero attached hydrogens (tertiary/aromatic N) is 2. The highest BCUT2D eigenvalue weighted by molar-refractivity contribution is 5.94. The van der Waals surface area contributed by atoms with Crippen molar-refractivity contribution in [1.29, 1.82) is 0 Å². The summed E-state index contributed by atoms with van der Waals surface area (Å²) in [6, 6.07) is 8.25. The molecule has 0 saturated carbocycles. The fourth-order valence-corrected chi connectivity index (χ4v) is 4.15. The predicted octanol–water partition coefficient (Wildman–Crippen LogP) is 4.00. The van der Waals surface area contributed by atoms with Crippen molar-refractivity contribution in [3.63, 3.8) is 0 Å². The summed E-state index contributed by atoms with van der Waals surface area (Å²) in [7, 11) is 0. The minimum Gasteiger partial charge on any atom is -0.339 e. The van der Waals surface area contributed by atoms with Gasteiger partial charge in [-0.1, -0.05) is 25.0 Å². The zero-order chi connectivity index (χ0) is 19.2. The summed E-state index contributed by atoms with van der Waals surface area (Å²) >= 11 is 0. The summed E-state index contributed by atoms with van der Waals surface area (Å²) in [6.45, 7) is 7.24. The van der Waals surface area contributed by atoms with E-state index in [1.165, 1.54) is 18.4 Å². The third-order valence-corrected chi connectivity index (χ3v) is 5.62. The first-order valence-corrected chi connectivity index (χ1v) is 10.5. The predicted molar refractivity (Wildman–Crippen MR) is 108 cm³/mol. The van der Waals surface area contributed by atoms with Gasteiger partial charge in [-0.2, -0.15) is 0 Å². The Balaban J connectivity index is 1.69. The molecule has 1 aromatic rings. The monoisotopic (exact) mass is 371 g/mol. The highest BCUT2D eigenvalue weighted by Crippen LogP contribution is 2.28. The second-order valence-corrected chi connectivity index (χ2v) is 8.22. The van der Waals surface area contributed by atoms with Gasteiger partial charge >= 0.3 is 6.03 Å². The molecule has 0 bridgehead atoms. The van der Waals surface area contributed by atoms with E-state index in [1.54, 1.807) is 0 Å². The maximum atomic E-state index is 12.9. The van der Waals surface area contributed by atoms with Crippen molar-refractivity contribution in [3.05, 3.63) is 35.4 Å². The number of hydrogen-bond acceptors (Lipinski definition) is 2. The van der Waals surface area contributed by atoms with Crippen LogP contribution in [0.5, 0.6) is 0 Å². The maximum absolute atomic E-state index is 12.9. The van der Waals surface area contributed by atoms with Crippen LogP contribution in [-0.4, -0.2) is 54.0 Å².